The molecule has 0 aliphatic heterocycles. The van der Waals surface area contributed by atoms with Crippen molar-refractivity contribution in [3.8, 4) is 0 Å². The Labute approximate surface area is 73.4 Å². The summed E-state index contributed by atoms with van der Waals surface area (Å²) in [5, 5.41) is 0. The lowest BCUT2D eigenvalue weighted by atomic mass is 9.95. The minimum absolute atomic E-state index is 0.0966. The van der Waals surface area contributed by atoms with Gasteiger partial charge in [-0.05, 0) is 24.5 Å². The lowest BCUT2D eigenvalue weighted by Gasteiger charge is -2.08. The van der Waals surface area contributed by atoms with Crippen molar-refractivity contribution >= 4 is 5.78 Å². The number of carbonyl (C=O) groups excluding carboxylic acids is 1. The quantitative estimate of drug-likeness (QED) is 0.609. The summed E-state index contributed by atoms with van der Waals surface area (Å²) < 4.78 is 0. The fourth-order valence-electron chi connectivity index (χ4n) is 1.24. The van der Waals surface area contributed by atoms with Crippen LogP contribution in [-0.2, 0) is 0 Å². The summed E-state index contributed by atoms with van der Waals surface area (Å²) in [5.74, 6) is 0.487. The van der Waals surface area contributed by atoms with Crippen LogP contribution in [0.3, 0.4) is 0 Å². The molecule has 1 nitrogen and oxygen atoms in total. The molecule has 0 unspecified atom stereocenters. The Balaban J connectivity index is 3.17. The van der Waals surface area contributed by atoms with E-state index in [9.17, 15) is 4.79 Å². The van der Waals surface area contributed by atoms with E-state index < -0.39 is 0 Å². The molecule has 0 bridgehead atoms. The van der Waals surface area contributed by atoms with E-state index in [1.54, 1.807) is 13.0 Å². The zero-order chi connectivity index (χ0) is 9.14. The Morgan fingerprint density at radius 1 is 1.50 bits per heavy atom. The molecule has 0 heterocycles. The van der Waals surface area contributed by atoms with Gasteiger partial charge in [0.15, 0.2) is 5.78 Å². The predicted molar refractivity (Wildman–Crippen MR) is 49.4 cm³/mol. The van der Waals surface area contributed by atoms with Crippen molar-refractivity contribution in [1.82, 2.24) is 0 Å². The molecule has 0 aromatic heterocycles. The van der Waals surface area contributed by atoms with Gasteiger partial charge in [-0.1, -0.05) is 32.0 Å². The van der Waals surface area contributed by atoms with Gasteiger partial charge in [-0.2, -0.15) is 0 Å². The summed E-state index contributed by atoms with van der Waals surface area (Å²) in [5.41, 5.74) is 1.82. The number of Topliss-reactive ketones (excluding diaryl/α,β-unsaturated/α-hetero) is 1. The van der Waals surface area contributed by atoms with Gasteiger partial charge in [-0.15, -0.1) is 0 Å². The first-order chi connectivity index (χ1) is 5.63. The highest BCUT2D eigenvalue weighted by Gasteiger charge is 2.08. The molecular formula is C11H13O. The van der Waals surface area contributed by atoms with Crippen molar-refractivity contribution < 1.29 is 4.79 Å². The molecule has 12 heavy (non-hydrogen) atoms. The number of carbonyl (C=O) groups is 1. The van der Waals surface area contributed by atoms with Crippen LogP contribution in [-0.4, -0.2) is 5.78 Å². The highest BCUT2D eigenvalue weighted by Crippen LogP contribution is 2.18. The van der Waals surface area contributed by atoms with Gasteiger partial charge in [0.1, 0.15) is 0 Å². The Bertz CT molecular complexity index is 287. The molecule has 1 aromatic rings. The summed E-state index contributed by atoms with van der Waals surface area (Å²) in [6.07, 6.45) is 0. The number of hydrogen-bond acceptors (Lipinski definition) is 1. The molecule has 0 atom stereocenters. The van der Waals surface area contributed by atoms with E-state index in [-0.39, 0.29) is 5.78 Å². The minimum atomic E-state index is 0.0966. The van der Waals surface area contributed by atoms with Gasteiger partial charge in [0.25, 0.3) is 0 Å². The normalized spacial score (nSPS) is 10.3. The van der Waals surface area contributed by atoms with Gasteiger partial charge < -0.3 is 0 Å². The molecule has 1 radical (unpaired) electrons. The second kappa shape index (κ2) is 3.53. The van der Waals surface area contributed by atoms with Crippen LogP contribution in [0.1, 0.15) is 42.6 Å². The highest BCUT2D eigenvalue weighted by atomic mass is 16.1. The SMILES string of the molecule is CC(=O)c1[c]cccc1C(C)C. The molecule has 0 saturated heterocycles. The maximum absolute atomic E-state index is 11.1. The second-order valence-electron chi connectivity index (χ2n) is 3.21. The molecule has 63 valence electrons. The molecule has 0 N–H and O–H groups in total. The fraction of sp³-hybridized carbons (Fsp3) is 0.364. The topological polar surface area (TPSA) is 17.1 Å². The zero-order valence-electron chi connectivity index (χ0n) is 7.72. The first kappa shape index (κ1) is 8.98. The third kappa shape index (κ3) is 1.73. The molecule has 0 spiro atoms. The average Bonchev–Trinajstić information content (AvgIpc) is 2.04. The summed E-state index contributed by atoms with van der Waals surface area (Å²) >= 11 is 0. The lowest BCUT2D eigenvalue weighted by molar-refractivity contribution is 0.101. The average molecular weight is 161 g/mol. The van der Waals surface area contributed by atoms with Crippen LogP contribution >= 0.6 is 0 Å². The van der Waals surface area contributed by atoms with Crippen LogP contribution in [0.25, 0.3) is 0 Å². The van der Waals surface area contributed by atoms with E-state index in [4.69, 9.17) is 0 Å². The molecule has 0 amide bonds. The van der Waals surface area contributed by atoms with E-state index in [0.717, 1.165) is 11.1 Å². The van der Waals surface area contributed by atoms with Crippen LogP contribution in [0.4, 0.5) is 0 Å². The Morgan fingerprint density at radius 3 is 2.58 bits per heavy atom. The minimum Gasteiger partial charge on any atom is -0.294 e. The van der Waals surface area contributed by atoms with Crippen molar-refractivity contribution in [3.05, 3.63) is 35.4 Å². The van der Waals surface area contributed by atoms with Gasteiger partial charge in [0.05, 0.1) is 0 Å². The van der Waals surface area contributed by atoms with Crippen LogP contribution < -0.4 is 0 Å². The highest BCUT2D eigenvalue weighted by molar-refractivity contribution is 5.95. The van der Waals surface area contributed by atoms with Crippen LogP contribution in [0.2, 0.25) is 0 Å². The molecular weight excluding hydrogens is 148 g/mol. The number of hydrogen-bond donors (Lipinski definition) is 0. The van der Waals surface area contributed by atoms with Crippen LogP contribution in [0.15, 0.2) is 18.2 Å². The van der Waals surface area contributed by atoms with Crippen LogP contribution in [0, 0.1) is 6.07 Å². The van der Waals surface area contributed by atoms with E-state index in [1.165, 1.54) is 0 Å². The van der Waals surface area contributed by atoms with Gasteiger partial charge in [0, 0.05) is 5.56 Å². The van der Waals surface area contributed by atoms with Crippen molar-refractivity contribution in [2.75, 3.05) is 0 Å². The summed E-state index contributed by atoms with van der Waals surface area (Å²) in [6.45, 7) is 5.74. The first-order valence-corrected chi connectivity index (χ1v) is 4.14. The van der Waals surface area contributed by atoms with Gasteiger partial charge in [-0.3, -0.25) is 4.79 Å². The molecule has 0 fully saturated rings. The third-order valence-corrected chi connectivity index (χ3v) is 1.86. The number of rotatable bonds is 2. The Morgan fingerprint density at radius 2 is 2.17 bits per heavy atom. The zero-order valence-corrected chi connectivity index (χ0v) is 7.72. The van der Waals surface area contributed by atoms with Crippen molar-refractivity contribution in [2.24, 2.45) is 0 Å². The van der Waals surface area contributed by atoms with Gasteiger partial charge in [-0.25, -0.2) is 0 Å². The summed E-state index contributed by atoms with van der Waals surface area (Å²) in [7, 11) is 0. The molecule has 0 aliphatic carbocycles. The third-order valence-electron chi connectivity index (χ3n) is 1.86. The standard InChI is InChI=1S/C11H13O/c1-8(2)10-6-4-5-7-11(10)9(3)12/h4-6,8H,1-3H3. The smallest absolute Gasteiger partial charge is 0.160 e. The second-order valence-corrected chi connectivity index (χ2v) is 3.21. The lowest BCUT2D eigenvalue weighted by Crippen LogP contribution is -2.00. The van der Waals surface area contributed by atoms with Crippen molar-refractivity contribution in [3.63, 3.8) is 0 Å². The van der Waals surface area contributed by atoms with Gasteiger partial charge in [0.2, 0.25) is 0 Å². The Hall–Kier alpha value is -1.11. The number of benzene rings is 1. The molecule has 1 heteroatoms. The monoisotopic (exact) mass is 161 g/mol. The summed E-state index contributed by atoms with van der Waals surface area (Å²) in [6, 6.07) is 8.65. The predicted octanol–water partition coefficient (Wildman–Crippen LogP) is 2.81. The largest absolute Gasteiger partial charge is 0.294 e. The van der Waals surface area contributed by atoms with E-state index in [0.29, 0.717) is 5.92 Å². The maximum Gasteiger partial charge on any atom is 0.160 e. The van der Waals surface area contributed by atoms with E-state index in [2.05, 4.69) is 19.9 Å². The molecule has 0 saturated carbocycles. The fourth-order valence-corrected chi connectivity index (χ4v) is 1.24. The molecule has 0 aliphatic rings. The maximum atomic E-state index is 11.1. The first-order valence-electron chi connectivity index (χ1n) is 4.14. The Kier molecular flexibility index (Phi) is 2.64. The van der Waals surface area contributed by atoms with E-state index in [1.807, 2.05) is 12.1 Å². The van der Waals surface area contributed by atoms with Crippen molar-refractivity contribution in [1.29, 1.82) is 0 Å². The van der Waals surface area contributed by atoms with Crippen LogP contribution in [0.5, 0.6) is 0 Å². The van der Waals surface area contributed by atoms with Crippen molar-refractivity contribution in [2.45, 2.75) is 26.7 Å². The molecule has 1 aromatic carbocycles. The van der Waals surface area contributed by atoms with E-state index >= 15 is 0 Å². The number of ketones is 1. The van der Waals surface area contributed by atoms with Gasteiger partial charge >= 0.3 is 0 Å². The summed E-state index contributed by atoms with van der Waals surface area (Å²) in [4.78, 5) is 11.1. The molecule has 1 rings (SSSR count).